The van der Waals surface area contributed by atoms with Crippen molar-refractivity contribution in [1.29, 1.82) is 0 Å². The molecule has 0 bridgehead atoms. The second-order valence-corrected chi connectivity index (χ2v) is 7.53. The van der Waals surface area contributed by atoms with Gasteiger partial charge in [-0.15, -0.1) is 11.3 Å². The number of rotatable bonds is 8. The molecule has 136 valence electrons. The van der Waals surface area contributed by atoms with Crippen LogP contribution in [0, 0.1) is 5.92 Å². The molecule has 0 aliphatic carbocycles. The van der Waals surface area contributed by atoms with Gasteiger partial charge >= 0.3 is 0 Å². The van der Waals surface area contributed by atoms with Crippen LogP contribution in [-0.4, -0.2) is 35.4 Å². The second-order valence-electron chi connectivity index (χ2n) is 6.67. The monoisotopic (exact) mass is 361 g/mol. The van der Waals surface area contributed by atoms with Gasteiger partial charge in [0.1, 0.15) is 0 Å². The van der Waals surface area contributed by atoms with Crippen molar-refractivity contribution < 1.29 is 9.21 Å². The molecule has 0 aromatic carbocycles. The van der Waals surface area contributed by atoms with E-state index in [2.05, 4.69) is 27.5 Å². The molecule has 25 heavy (non-hydrogen) atoms. The standard InChI is InChI=1S/C19H27N3O2S/c1-2-3-4-9-20-18(23)15-7-10-22(11-8-15)13-16-14-25-19(21-16)17-6-5-12-24-17/h5-6,12,14-15H,2-4,7-11,13H2,1H3,(H,20,23). The Balaban J connectivity index is 1.41. The highest BCUT2D eigenvalue weighted by atomic mass is 32.1. The lowest BCUT2D eigenvalue weighted by Gasteiger charge is -2.30. The third-order valence-electron chi connectivity index (χ3n) is 4.71. The number of unbranched alkanes of at least 4 members (excludes halogenated alkanes) is 2. The molecule has 2 aromatic rings. The van der Waals surface area contributed by atoms with E-state index in [0.717, 1.165) is 61.9 Å². The smallest absolute Gasteiger partial charge is 0.223 e. The van der Waals surface area contributed by atoms with Crippen molar-refractivity contribution in [2.45, 2.75) is 45.6 Å². The minimum Gasteiger partial charge on any atom is -0.462 e. The van der Waals surface area contributed by atoms with Crippen molar-refractivity contribution in [2.24, 2.45) is 5.92 Å². The number of aromatic nitrogens is 1. The van der Waals surface area contributed by atoms with Crippen molar-refractivity contribution in [1.82, 2.24) is 15.2 Å². The fraction of sp³-hybridized carbons (Fsp3) is 0.579. The van der Waals surface area contributed by atoms with Crippen molar-refractivity contribution in [3.8, 4) is 10.8 Å². The van der Waals surface area contributed by atoms with E-state index < -0.39 is 0 Å². The second kappa shape index (κ2) is 9.15. The van der Waals surface area contributed by atoms with Gasteiger partial charge in [0, 0.05) is 24.4 Å². The average Bonchev–Trinajstić information content (AvgIpc) is 3.30. The Labute approximate surface area is 153 Å². The van der Waals surface area contributed by atoms with Crippen molar-refractivity contribution in [3.63, 3.8) is 0 Å². The molecule has 1 saturated heterocycles. The summed E-state index contributed by atoms with van der Waals surface area (Å²) in [7, 11) is 0. The normalized spacial score (nSPS) is 16.2. The molecule has 1 amide bonds. The predicted octanol–water partition coefficient (Wildman–Crippen LogP) is 3.92. The van der Waals surface area contributed by atoms with Crippen LogP contribution in [0.3, 0.4) is 0 Å². The summed E-state index contributed by atoms with van der Waals surface area (Å²) in [5.41, 5.74) is 1.08. The maximum absolute atomic E-state index is 12.2. The number of hydrogen-bond acceptors (Lipinski definition) is 5. The zero-order valence-corrected chi connectivity index (χ0v) is 15.7. The first-order chi connectivity index (χ1) is 12.3. The number of nitrogens with one attached hydrogen (secondary N) is 1. The highest BCUT2D eigenvalue weighted by molar-refractivity contribution is 7.13. The zero-order valence-electron chi connectivity index (χ0n) is 14.9. The topological polar surface area (TPSA) is 58.4 Å². The molecule has 0 spiro atoms. The van der Waals surface area contributed by atoms with Gasteiger partial charge in [-0.05, 0) is 44.5 Å². The van der Waals surface area contributed by atoms with Crippen molar-refractivity contribution in [2.75, 3.05) is 19.6 Å². The molecule has 1 fully saturated rings. The molecule has 0 radical (unpaired) electrons. The first-order valence-electron chi connectivity index (χ1n) is 9.24. The summed E-state index contributed by atoms with van der Waals surface area (Å²) in [5, 5.41) is 6.13. The van der Waals surface area contributed by atoms with E-state index in [1.807, 2.05) is 12.1 Å². The molecular weight excluding hydrogens is 334 g/mol. The summed E-state index contributed by atoms with van der Waals surface area (Å²) < 4.78 is 5.40. The molecule has 6 heteroatoms. The lowest BCUT2D eigenvalue weighted by molar-refractivity contribution is -0.126. The summed E-state index contributed by atoms with van der Waals surface area (Å²) in [6, 6.07) is 3.82. The summed E-state index contributed by atoms with van der Waals surface area (Å²) >= 11 is 1.62. The summed E-state index contributed by atoms with van der Waals surface area (Å²) in [6.45, 7) is 5.77. The van der Waals surface area contributed by atoms with Crippen LogP contribution < -0.4 is 5.32 Å². The van der Waals surface area contributed by atoms with Crippen LogP contribution in [0.5, 0.6) is 0 Å². The Morgan fingerprint density at radius 1 is 1.40 bits per heavy atom. The number of thiazole rings is 1. The lowest BCUT2D eigenvalue weighted by Crippen LogP contribution is -2.40. The predicted molar refractivity (Wildman–Crippen MR) is 100 cm³/mol. The maximum atomic E-state index is 12.2. The van der Waals surface area contributed by atoms with Crippen molar-refractivity contribution >= 4 is 17.2 Å². The van der Waals surface area contributed by atoms with Gasteiger partial charge in [0.05, 0.1) is 12.0 Å². The Morgan fingerprint density at radius 3 is 2.96 bits per heavy atom. The first kappa shape index (κ1) is 18.1. The van der Waals surface area contributed by atoms with Crippen LogP contribution in [-0.2, 0) is 11.3 Å². The number of hydrogen-bond donors (Lipinski definition) is 1. The Morgan fingerprint density at radius 2 is 2.24 bits per heavy atom. The number of piperidine rings is 1. The van der Waals surface area contributed by atoms with Gasteiger partial charge in [-0.2, -0.15) is 0 Å². The molecule has 0 unspecified atom stereocenters. The molecule has 0 saturated carbocycles. The molecule has 5 nitrogen and oxygen atoms in total. The van der Waals surface area contributed by atoms with Gasteiger partial charge < -0.3 is 9.73 Å². The molecule has 3 rings (SSSR count). The van der Waals surface area contributed by atoms with Gasteiger partial charge in [0.15, 0.2) is 10.8 Å². The highest BCUT2D eigenvalue weighted by Gasteiger charge is 2.25. The molecule has 2 aromatic heterocycles. The van der Waals surface area contributed by atoms with Gasteiger partial charge in [-0.3, -0.25) is 9.69 Å². The Bertz CT molecular complexity index is 645. The SMILES string of the molecule is CCCCCNC(=O)C1CCN(Cc2csc(-c3ccco3)n2)CC1. The van der Waals surface area contributed by atoms with E-state index in [0.29, 0.717) is 0 Å². The third-order valence-corrected chi connectivity index (χ3v) is 5.61. The number of furan rings is 1. The van der Waals surface area contributed by atoms with Crippen LogP contribution in [0.25, 0.3) is 10.8 Å². The number of carbonyl (C=O) groups excluding carboxylic acids is 1. The van der Waals surface area contributed by atoms with E-state index in [1.165, 1.54) is 12.8 Å². The molecule has 1 N–H and O–H groups in total. The number of carbonyl (C=O) groups is 1. The minimum atomic E-state index is 0.173. The summed E-state index contributed by atoms with van der Waals surface area (Å²) in [4.78, 5) is 19.3. The Kier molecular flexibility index (Phi) is 6.64. The molecule has 1 aliphatic heterocycles. The van der Waals surface area contributed by atoms with Crippen LogP contribution in [0.1, 0.15) is 44.7 Å². The molecule has 3 heterocycles. The fourth-order valence-corrected chi connectivity index (χ4v) is 3.98. The van der Waals surface area contributed by atoms with E-state index in [1.54, 1.807) is 17.6 Å². The van der Waals surface area contributed by atoms with Crippen LogP contribution in [0.2, 0.25) is 0 Å². The highest BCUT2D eigenvalue weighted by Crippen LogP contribution is 2.25. The zero-order chi connectivity index (χ0) is 17.5. The fourth-order valence-electron chi connectivity index (χ4n) is 3.21. The largest absolute Gasteiger partial charge is 0.462 e. The van der Waals surface area contributed by atoms with Gasteiger partial charge in [-0.25, -0.2) is 4.98 Å². The summed E-state index contributed by atoms with van der Waals surface area (Å²) in [6.07, 6.45) is 7.01. The van der Waals surface area contributed by atoms with E-state index >= 15 is 0 Å². The average molecular weight is 362 g/mol. The molecule has 1 aliphatic rings. The van der Waals surface area contributed by atoms with E-state index in [-0.39, 0.29) is 11.8 Å². The Hall–Kier alpha value is -1.66. The number of nitrogens with zero attached hydrogens (tertiary/aromatic N) is 2. The maximum Gasteiger partial charge on any atom is 0.223 e. The van der Waals surface area contributed by atoms with E-state index in [4.69, 9.17) is 4.42 Å². The lowest BCUT2D eigenvalue weighted by atomic mass is 9.96. The van der Waals surface area contributed by atoms with E-state index in [9.17, 15) is 4.79 Å². The van der Waals surface area contributed by atoms with Crippen LogP contribution in [0.15, 0.2) is 28.2 Å². The van der Waals surface area contributed by atoms with Crippen LogP contribution in [0.4, 0.5) is 0 Å². The third kappa shape index (κ3) is 5.16. The summed E-state index contributed by atoms with van der Waals surface area (Å²) in [5.74, 6) is 1.24. The minimum absolute atomic E-state index is 0.173. The van der Waals surface area contributed by atoms with Crippen molar-refractivity contribution in [3.05, 3.63) is 29.5 Å². The molecular formula is C19H27N3O2S. The van der Waals surface area contributed by atoms with Crippen LogP contribution >= 0.6 is 11.3 Å². The number of amides is 1. The quantitative estimate of drug-likeness (QED) is 0.724. The van der Waals surface area contributed by atoms with Gasteiger partial charge in [0.2, 0.25) is 5.91 Å². The molecule has 0 atom stereocenters. The van der Waals surface area contributed by atoms with Gasteiger partial charge in [0.25, 0.3) is 0 Å². The van der Waals surface area contributed by atoms with Gasteiger partial charge in [-0.1, -0.05) is 19.8 Å². The first-order valence-corrected chi connectivity index (χ1v) is 10.1. The number of likely N-dealkylation sites (tertiary alicyclic amines) is 1.